The number of amides is 2. The standard InChI is InChI=1S/C17H18N2O3/c1-12-7-5-6-10-14(12)18-17(22)19-15(16(20)21)11-13-8-3-2-4-9-13/h2-10,15H,11H2,1H3,(H,20,21)(H2,18,19,22)/t15-/m0/s1. The summed E-state index contributed by atoms with van der Waals surface area (Å²) in [6, 6.07) is 15.0. The van der Waals surface area contributed by atoms with E-state index in [9.17, 15) is 14.7 Å². The van der Waals surface area contributed by atoms with Crippen LogP contribution in [0.5, 0.6) is 0 Å². The van der Waals surface area contributed by atoms with Crippen LogP contribution in [-0.4, -0.2) is 23.1 Å². The predicted molar refractivity (Wildman–Crippen MR) is 84.9 cm³/mol. The number of urea groups is 1. The number of carboxylic acids is 1. The zero-order chi connectivity index (χ0) is 15.9. The highest BCUT2D eigenvalue weighted by Gasteiger charge is 2.20. The second-order valence-corrected chi connectivity index (χ2v) is 4.99. The molecule has 0 fully saturated rings. The third-order valence-corrected chi connectivity index (χ3v) is 3.28. The van der Waals surface area contributed by atoms with Crippen molar-refractivity contribution in [2.45, 2.75) is 19.4 Å². The number of para-hydroxylation sites is 1. The van der Waals surface area contributed by atoms with Gasteiger partial charge < -0.3 is 15.7 Å². The Bertz CT molecular complexity index is 656. The fourth-order valence-electron chi connectivity index (χ4n) is 2.08. The van der Waals surface area contributed by atoms with E-state index >= 15 is 0 Å². The van der Waals surface area contributed by atoms with Crippen LogP contribution in [0, 0.1) is 6.92 Å². The number of hydrogen-bond acceptors (Lipinski definition) is 2. The molecule has 0 aromatic heterocycles. The molecule has 0 unspecified atom stereocenters. The average molecular weight is 298 g/mol. The molecule has 3 N–H and O–H groups in total. The molecule has 22 heavy (non-hydrogen) atoms. The van der Waals surface area contributed by atoms with Crippen LogP contribution in [0.3, 0.4) is 0 Å². The number of aliphatic carboxylic acids is 1. The van der Waals surface area contributed by atoms with Crippen molar-refractivity contribution < 1.29 is 14.7 Å². The van der Waals surface area contributed by atoms with Crippen molar-refractivity contribution in [1.29, 1.82) is 0 Å². The number of hydrogen-bond donors (Lipinski definition) is 3. The van der Waals surface area contributed by atoms with Gasteiger partial charge in [0.1, 0.15) is 6.04 Å². The van der Waals surface area contributed by atoms with Gasteiger partial charge in [0, 0.05) is 12.1 Å². The molecule has 0 saturated carbocycles. The van der Waals surface area contributed by atoms with E-state index < -0.39 is 18.0 Å². The summed E-state index contributed by atoms with van der Waals surface area (Å²) in [6.45, 7) is 1.87. The highest BCUT2D eigenvalue weighted by Crippen LogP contribution is 2.13. The molecule has 2 aromatic rings. The summed E-state index contributed by atoms with van der Waals surface area (Å²) in [5.41, 5.74) is 2.42. The predicted octanol–water partition coefficient (Wildman–Crippen LogP) is 2.81. The van der Waals surface area contributed by atoms with Crippen LogP contribution in [-0.2, 0) is 11.2 Å². The largest absolute Gasteiger partial charge is 0.480 e. The van der Waals surface area contributed by atoms with Crippen molar-refractivity contribution in [3.63, 3.8) is 0 Å². The van der Waals surface area contributed by atoms with Crippen molar-refractivity contribution in [2.24, 2.45) is 0 Å². The van der Waals surface area contributed by atoms with Crippen molar-refractivity contribution in [2.75, 3.05) is 5.32 Å². The minimum absolute atomic E-state index is 0.233. The summed E-state index contributed by atoms with van der Waals surface area (Å²) in [5.74, 6) is -1.07. The van der Waals surface area contributed by atoms with Crippen LogP contribution >= 0.6 is 0 Å². The topological polar surface area (TPSA) is 78.4 Å². The molecule has 1 atom stereocenters. The summed E-state index contributed by atoms with van der Waals surface area (Å²) in [4.78, 5) is 23.3. The van der Waals surface area contributed by atoms with Gasteiger partial charge in [0.2, 0.25) is 0 Å². The second kappa shape index (κ2) is 7.26. The Labute approximate surface area is 129 Å². The monoisotopic (exact) mass is 298 g/mol. The van der Waals surface area contributed by atoms with E-state index in [1.807, 2.05) is 49.4 Å². The van der Waals surface area contributed by atoms with Gasteiger partial charge in [0.05, 0.1) is 0 Å². The van der Waals surface area contributed by atoms with Crippen molar-refractivity contribution >= 4 is 17.7 Å². The molecule has 2 amide bonds. The van der Waals surface area contributed by atoms with E-state index in [2.05, 4.69) is 10.6 Å². The lowest BCUT2D eigenvalue weighted by Gasteiger charge is -2.16. The van der Waals surface area contributed by atoms with Gasteiger partial charge >= 0.3 is 12.0 Å². The quantitative estimate of drug-likeness (QED) is 0.794. The number of anilines is 1. The third kappa shape index (κ3) is 4.34. The molecule has 5 heteroatoms. The first-order chi connectivity index (χ1) is 10.6. The number of nitrogens with one attached hydrogen (secondary N) is 2. The zero-order valence-corrected chi connectivity index (χ0v) is 12.2. The van der Waals surface area contributed by atoms with Gasteiger partial charge in [0.15, 0.2) is 0 Å². The first-order valence-electron chi connectivity index (χ1n) is 6.96. The van der Waals surface area contributed by atoms with Crippen molar-refractivity contribution in [3.8, 4) is 0 Å². The number of carbonyl (C=O) groups excluding carboxylic acids is 1. The first kappa shape index (κ1) is 15.6. The Hall–Kier alpha value is -2.82. The number of rotatable bonds is 5. The van der Waals surface area contributed by atoms with Crippen LogP contribution in [0.25, 0.3) is 0 Å². The van der Waals surface area contributed by atoms with Gasteiger partial charge in [-0.05, 0) is 24.1 Å². The molecule has 0 aliphatic rings. The maximum Gasteiger partial charge on any atom is 0.326 e. The van der Waals surface area contributed by atoms with Crippen molar-refractivity contribution in [3.05, 3.63) is 65.7 Å². The van der Waals surface area contributed by atoms with Gasteiger partial charge in [-0.2, -0.15) is 0 Å². The normalized spacial score (nSPS) is 11.5. The van der Waals surface area contributed by atoms with Gasteiger partial charge in [-0.3, -0.25) is 0 Å². The van der Waals surface area contributed by atoms with Gasteiger partial charge in [-0.25, -0.2) is 9.59 Å². The molecule has 0 radical (unpaired) electrons. The molecule has 0 bridgehead atoms. The number of benzene rings is 2. The highest BCUT2D eigenvalue weighted by molar-refractivity contribution is 5.92. The molecule has 114 valence electrons. The molecule has 0 aliphatic heterocycles. The van der Waals surface area contributed by atoms with E-state index in [-0.39, 0.29) is 6.42 Å². The number of carbonyl (C=O) groups is 2. The lowest BCUT2D eigenvalue weighted by atomic mass is 10.1. The summed E-state index contributed by atoms with van der Waals surface area (Å²) < 4.78 is 0. The first-order valence-corrected chi connectivity index (χ1v) is 6.96. The average Bonchev–Trinajstić information content (AvgIpc) is 2.50. The van der Waals surface area contributed by atoms with E-state index in [1.165, 1.54) is 0 Å². The molecule has 2 rings (SSSR count). The second-order valence-electron chi connectivity index (χ2n) is 4.99. The minimum Gasteiger partial charge on any atom is -0.480 e. The fourth-order valence-corrected chi connectivity index (χ4v) is 2.08. The fraction of sp³-hybridized carbons (Fsp3) is 0.176. The van der Waals surface area contributed by atoms with Crippen LogP contribution in [0.4, 0.5) is 10.5 Å². The number of carboxylic acid groups (broad SMARTS) is 1. The molecular formula is C17H18N2O3. The molecule has 5 nitrogen and oxygen atoms in total. The Morgan fingerprint density at radius 2 is 1.68 bits per heavy atom. The van der Waals surface area contributed by atoms with E-state index in [4.69, 9.17) is 0 Å². The van der Waals surface area contributed by atoms with Crippen LogP contribution in [0.1, 0.15) is 11.1 Å². The summed E-state index contributed by atoms with van der Waals surface area (Å²) in [6.07, 6.45) is 0.233. The van der Waals surface area contributed by atoms with Gasteiger partial charge in [-0.15, -0.1) is 0 Å². The smallest absolute Gasteiger partial charge is 0.326 e. The van der Waals surface area contributed by atoms with E-state index in [1.54, 1.807) is 12.1 Å². The van der Waals surface area contributed by atoms with Gasteiger partial charge in [0.25, 0.3) is 0 Å². The maximum atomic E-state index is 12.0. The molecule has 0 saturated heterocycles. The summed E-state index contributed by atoms with van der Waals surface area (Å²) >= 11 is 0. The Morgan fingerprint density at radius 1 is 1.05 bits per heavy atom. The Morgan fingerprint density at radius 3 is 2.32 bits per heavy atom. The van der Waals surface area contributed by atoms with Crippen LogP contribution in [0.2, 0.25) is 0 Å². The maximum absolute atomic E-state index is 12.0. The molecule has 0 aliphatic carbocycles. The molecule has 0 spiro atoms. The van der Waals surface area contributed by atoms with E-state index in [0.29, 0.717) is 5.69 Å². The van der Waals surface area contributed by atoms with E-state index in [0.717, 1.165) is 11.1 Å². The molecule has 0 heterocycles. The third-order valence-electron chi connectivity index (χ3n) is 3.28. The lowest BCUT2D eigenvalue weighted by molar-refractivity contribution is -0.139. The lowest BCUT2D eigenvalue weighted by Crippen LogP contribution is -2.44. The zero-order valence-electron chi connectivity index (χ0n) is 12.2. The molecule has 2 aromatic carbocycles. The van der Waals surface area contributed by atoms with Crippen LogP contribution in [0.15, 0.2) is 54.6 Å². The SMILES string of the molecule is Cc1ccccc1NC(=O)N[C@@H](Cc1ccccc1)C(=O)O. The highest BCUT2D eigenvalue weighted by atomic mass is 16.4. The van der Waals surface area contributed by atoms with Crippen molar-refractivity contribution in [1.82, 2.24) is 5.32 Å². The Balaban J connectivity index is 2.00. The van der Waals surface area contributed by atoms with Gasteiger partial charge in [-0.1, -0.05) is 48.5 Å². The molecular weight excluding hydrogens is 280 g/mol. The Kier molecular flexibility index (Phi) is 5.14. The minimum atomic E-state index is -1.07. The number of aryl methyl sites for hydroxylation is 1. The van der Waals surface area contributed by atoms with Crippen LogP contribution < -0.4 is 10.6 Å². The summed E-state index contributed by atoms with van der Waals surface area (Å²) in [7, 11) is 0. The summed E-state index contributed by atoms with van der Waals surface area (Å²) in [5, 5.41) is 14.4.